The Morgan fingerprint density at radius 2 is 0.983 bits per heavy atom. The molecule has 10 nitrogen and oxygen atoms in total. The van der Waals surface area contributed by atoms with Crippen LogP contribution in [0.1, 0.15) is 181 Å². The summed E-state index contributed by atoms with van der Waals surface area (Å²) in [6.07, 6.45) is 41.2. The topological polar surface area (TPSA) is 152 Å². The summed E-state index contributed by atoms with van der Waals surface area (Å²) in [5.41, 5.74) is 0. The first-order valence-electron chi connectivity index (χ1n) is 23.4. The molecule has 0 bridgehead atoms. The van der Waals surface area contributed by atoms with Crippen molar-refractivity contribution < 1.29 is 49.0 Å². The number of aliphatic hydroxyl groups excluding tert-OH is 4. The molecule has 1 aliphatic heterocycles. The van der Waals surface area contributed by atoms with E-state index in [1.54, 1.807) is 6.08 Å². The summed E-state index contributed by atoms with van der Waals surface area (Å²) in [5, 5.41) is 40.1. The lowest BCUT2D eigenvalue weighted by molar-refractivity contribution is -0.305. The normalized spacial score (nSPS) is 20.5. The highest BCUT2D eigenvalue weighted by Gasteiger charge is 2.44. The second-order valence-electron chi connectivity index (χ2n) is 15.9. The van der Waals surface area contributed by atoms with Crippen LogP contribution in [-0.2, 0) is 28.5 Å². The first-order chi connectivity index (χ1) is 28.8. The van der Waals surface area contributed by atoms with Crippen LogP contribution in [0.15, 0.2) is 60.8 Å². The molecule has 1 saturated heterocycles. The van der Waals surface area contributed by atoms with Gasteiger partial charge in [-0.1, -0.05) is 190 Å². The maximum atomic E-state index is 12.7. The van der Waals surface area contributed by atoms with Crippen molar-refractivity contribution in [2.24, 2.45) is 0 Å². The zero-order chi connectivity index (χ0) is 43.0. The van der Waals surface area contributed by atoms with Gasteiger partial charge in [-0.25, -0.2) is 0 Å². The smallest absolute Gasteiger partial charge is 0.310 e. The van der Waals surface area contributed by atoms with Crippen molar-refractivity contribution in [2.75, 3.05) is 19.8 Å². The minimum absolute atomic E-state index is 0.00261. The van der Waals surface area contributed by atoms with Crippen LogP contribution < -0.4 is 0 Å². The summed E-state index contributed by atoms with van der Waals surface area (Å²) in [5.74, 6) is -0.952. The van der Waals surface area contributed by atoms with Gasteiger partial charge in [-0.15, -0.1) is 0 Å². The summed E-state index contributed by atoms with van der Waals surface area (Å²) in [4.78, 5) is 25.3. The molecule has 0 aromatic heterocycles. The number of unbranched alkanes of at least 4 members (excludes halogenated alkanes) is 18. The number of hydrogen-bond donors (Lipinski definition) is 4. The maximum absolute atomic E-state index is 12.7. The van der Waals surface area contributed by atoms with Crippen LogP contribution in [0.4, 0.5) is 0 Å². The van der Waals surface area contributed by atoms with Gasteiger partial charge in [-0.2, -0.15) is 0 Å². The molecule has 0 saturated carbocycles. The van der Waals surface area contributed by atoms with Crippen LogP contribution in [0.25, 0.3) is 0 Å². The molecule has 4 N–H and O–H groups in total. The molecule has 59 heavy (non-hydrogen) atoms. The van der Waals surface area contributed by atoms with E-state index in [0.717, 1.165) is 38.5 Å². The Kier molecular flexibility index (Phi) is 36.5. The molecule has 1 fully saturated rings. The lowest BCUT2D eigenvalue weighted by atomic mass is 9.99. The van der Waals surface area contributed by atoms with E-state index in [4.69, 9.17) is 18.9 Å². The third-order valence-electron chi connectivity index (χ3n) is 10.4. The molecule has 1 aliphatic rings. The van der Waals surface area contributed by atoms with Crippen LogP contribution >= 0.6 is 0 Å². The van der Waals surface area contributed by atoms with E-state index in [-0.39, 0.29) is 26.1 Å². The number of ether oxygens (including phenoxy) is 4. The summed E-state index contributed by atoms with van der Waals surface area (Å²) >= 11 is 0. The molecular formula is C49H84O10. The molecule has 0 aromatic carbocycles. The van der Waals surface area contributed by atoms with E-state index in [2.05, 4.69) is 56.4 Å². The van der Waals surface area contributed by atoms with E-state index in [9.17, 15) is 30.0 Å². The van der Waals surface area contributed by atoms with Crippen molar-refractivity contribution in [3.63, 3.8) is 0 Å². The molecule has 0 aliphatic carbocycles. The first kappa shape index (κ1) is 54.4. The predicted molar refractivity (Wildman–Crippen MR) is 238 cm³/mol. The highest BCUT2D eigenvalue weighted by atomic mass is 16.7. The van der Waals surface area contributed by atoms with Crippen molar-refractivity contribution in [1.82, 2.24) is 0 Å². The standard InChI is InChI=1S/C49H84O10/c1-3-5-7-9-11-13-15-17-19-20-21-22-24-25-27-29-31-33-35-37-44(51)56-40-42(41-57-49-48(55)47(54)46(53)43(39-50)59-49)58-45(52)38-36-34-32-30-28-26-23-18-16-14-12-10-8-6-4-2/h6,8,12,14,18,23,28,30,34,36,42-43,46-50,53-55H,3-5,7,9-11,13,15-17,19-22,24-27,29,31-33,35,37-41H2,1-2H3/b8-6-,14-12-,23-18-,30-28-,36-34-. The summed E-state index contributed by atoms with van der Waals surface area (Å²) in [7, 11) is 0. The molecule has 0 radical (unpaired) electrons. The zero-order valence-electron chi connectivity index (χ0n) is 37.0. The van der Waals surface area contributed by atoms with Gasteiger partial charge in [0.15, 0.2) is 12.4 Å². The number of aliphatic hydroxyl groups is 4. The van der Waals surface area contributed by atoms with E-state index >= 15 is 0 Å². The summed E-state index contributed by atoms with van der Waals surface area (Å²) < 4.78 is 22.0. The van der Waals surface area contributed by atoms with Gasteiger partial charge in [0.2, 0.25) is 0 Å². The third-order valence-corrected chi connectivity index (χ3v) is 10.4. The van der Waals surface area contributed by atoms with Crippen LogP contribution in [0.3, 0.4) is 0 Å². The van der Waals surface area contributed by atoms with Gasteiger partial charge in [-0.05, 0) is 38.5 Å². The molecule has 340 valence electrons. The number of carbonyl (C=O) groups is 2. The maximum Gasteiger partial charge on any atom is 0.310 e. The molecule has 6 unspecified atom stereocenters. The molecule has 0 amide bonds. The Morgan fingerprint density at radius 1 is 0.542 bits per heavy atom. The molecule has 6 atom stereocenters. The Labute approximate surface area is 358 Å². The van der Waals surface area contributed by atoms with E-state index in [0.29, 0.717) is 12.8 Å². The highest BCUT2D eigenvalue weighted by Crippen LogP contribution is 2.22. The number of esters is 2. The van der Waals surface area contributed by atoms with Crippen LogP contribution in [-0.4, -0.2) is 89.0 Å². The fraction of sp³-hybridized carbons (Fsp3) is 0.755. The van der Waals surface area contributed by atoms with Gasteiger partial charge >= 0.3 is 11.9 Å². The SMILES string of the molecule is CC/C=C\C/C=C\C/C=C\C/C=C\C/C=C\CC(=O)OC(COC(=O)CCCCCCCCCCCCCCCCCCCCC)COC1OC(CO)C(O)C(O)C1O. The van der Waals surface area contributed by atoms with Crippen molar-refractivity contribution in [1.29, 1.82) is 0 Å². The van der Waals surface area contributed by atoms with E-state index < -0.39 is 55.4 Å². The molecule has 0 aromatic rings. The van der Waals surface area contributed by atoms with Gasteiger partial charge in [0.05, 0.1) is 19.6 Å². The average molecular weight is 833 g/mol. The first-order valence-corrected chi connectivity index (χ1v) is 23.4. The second-order valence-corrected chi connectivity index (χ2v) is 15.9. The fourth-order valence-electron chi connectivity index (χ4n) is 6.79. The average Bonchev–Trinajstić information content (AvgIpc) is 3.23. The minimum Gasteiger partial charge on any atom is -0.462 e. The Balaban J connectivity index is 2.34. The summed E-state index contributed by atoms with van der Waals surface area (Å²) in [6.45, 7) is 3.22. The van der Waals surface area contributed by atoms with Crippen molar-refractivity contribution in [2.45, 2.75) is 218 Å². The number of hydrogen-bond acceptors (Lipinski definition) is 10. The van der Waals surface area contributed by atoms with Crippen LogP contribution in [0.5, 0.6) is 0 Å². The third kappa shape index (κ3) is 31.0. The second kappa shape index (κ2) is 39.5. The van der Waals surface area contributed by atoms with Crippen LogP contribution in [0.2, 0.25) is 0 Å². The molecule has 1 rings (SSSR count). The molecule has 0 spiro atoms. The zero-order valence-corrected chi connectivity index (χ0v) is 37.0. The number of rotatable bonds is 38. The van der Waals surface area contributed by atoms with Crippen LogP contribution in [0, 0.1) is 0 Å². The Morgan fingerprint density at radius 3 is 1.44 bits per heavy atom. The van der Waals surface area contributed by atoms with Gasteiger partial charge in [0.1, 0.15) is 31.0 Å². The lowest BCUT2D eigenvalue weighted by Crippen LogP contribution is -2.59. The van der Waals surface area contributed by atoms with Crippen molar-refractivity contribution in [3.8, 4) is 0 Å². The minimum atomic E-state index is -1.61. The molecular weight excluding hydrogens is 749 g/mol. The van der Waals surface area contributed by atoms with Gasteiger partial charge in [0.25, 0.3) is 0 Å². The Bertz CT molecular complexity index is 1150. The largest absolute Gasteiger partial charge is 0.462 e. The van der Waals surface area contributed by atoms with Gasteiger partial charge in [-0.3, -0.25) is 9.59 Å². The summed E-state index contributed by atoms with van der Waals surface area (Å²) in [6, 6.07) is 0. The molecule has 1 heterocycles. The predicted octanol–water partition coefficient (Wildman–Crippen LogP) is 10.2. The highest BCUT2D eigenvalue weighted by molar-refractivity contribution is 5.71. The number of allylic oxidation sites excluding steroid dienone is 9. The Hall–Kier alpha value is -2.60. The van der Waals surface area contributed by atoms with Gasteiger partial charge in [0, 0.05) is 6.42 Å². The van der Waals surface area contributed by atoms with Crippen molar-refractivity contribution >= 4 is 11.9 Å². The molecule has 10 heteroatoms. The fourth-order valence-corrected chi connectivity index (χ4v) is 6.79. The quantitative estimate of drug-likeness (QED) is 0.0269. The van der Waals surface area contributed by atoms with E-state index in [1.807, 2.05) is 12.2 Å². The van der Waals surface area contributed by atoms with Crippen molar-refractivity contribution in [3.05, 3.63) is 60.8 Å². The number of carbonyl (C=O) groups excluding carboxylic acids is 2. The lowest BCUT2D eigenvalue weighted by Gasteiger charge is -2.39. The van der Waals surface area contributed by atoms with E-state index in [1.165, 1.54) is 103 Å². The van der Waals surface area contributed by atoms with Gasteiger partial charge < -0.3 is 39.4 Å². The monoisotopic (exact) mass is 833 g/mol.